The number of rotatable bonds is 6. The van der Waals surface area contributed by atoms with Crippen LogP contribution in [0.3, 0.4) is 0 Å². The molecule has 1 N–H and O–H groups in total. The molecule has 1 atom stereocenters. The van der Waals surface area contributed by atoms with Gasteiger partial charge in [-0.2, -0.15) is 5.10 Å². The lowest BCUT2D eigenvalue weighted by atomic mass is 10.1. The first-order chi connectivity index (χ1) is 12.0. The molecule has 0 amide bonds. The quantitative estimate of drug-likeness (QED) is 0.862. The van der Waals surface area contributed by atoms with Crippen molar-refractivity contribution in [2.45, 2.75) is 33.1 Å². The van der Waals surface area contributed by atoms with Gasteiger partial charge in [0, 0.05) is 50.9 Å². The van der Waals surface area contributed by atoms with Gasteiger partial charge in [-0.3, -0.25) is 4.79 Å². The fraction of sp³-hybridized carbons (Fsp3) is 0.556. The molecule has 0 aromatic carbocycles. The van der Waals surface area contributed by atoms with Gasteiger partial charge in [0.15, 0.2) is 0 Å². The van der Waals surface area contributed by atoms with Crippen LogP contribution in [0.5, 0.6) is 0 Å². The molecule has 1 aliphatic heterocycles. The Morgan fingerprint density at radius 1 is 1.32 bits per heavy atom. The Balaban J connectivity index is 1.58. The maximum absolute atomic E-state index is 11.8. The second-order valence-corrected chi connectivity index (χ2v) is 6.72. The maximum Gasteiger partial charge on any atom is 0.268 e. The van der Waals surface area contributed by atoms with Crippen molar-refractivity contribution in [2.24, 2.45) is 13.0 Å². The molecule has 1 unspecified atom stereocenters. The third kappa shape index (κ3) is 4.35. The minimum Gasteiger partial charge on any atom is -0.370 e. The monoisotopic (exact) mass is 342 g/mol. The van der Waals surface area contributed by atoms with Crippen molar-refractivity contribution in [2.75, 3.05) is 29.9 Å². The van der Waals surface area contributed by atoms with E-state index in [0.29, 0.717) is 5.92 Å². The lowest BCUT2D eigenvalue weighted by Gasteiger charge is -2.18. The van der Waals surface area contributed by atoms with Gasteiger partial charge in [-0.25, -0.2) is 14.6 Å². The summed E-state index contributed by atoms with van der Waals surface area (Å²) in [7, 11) is 1.67. The molecular weight excluding hydrogens is 316 g/mol. The molecule has 1 fully saturated rings. The van der Waals surface area contributed by atoms with Crippen molar-refractivity contribution >= 4 is 11.5 Å². The van der Waals surface area contributed by atoms with Crippen LogP contribution in [0, 0.1) is 12.8 Å². The Hall–Kier alpha value is -2.44. The van der Waals surface area contributed by atoms with Crippen LogP contribution in [0.25, 0.3) is 0 Å². The van der Waals surface area contributed by atoms with Gasteiger partial charge in [-0.15, -0.1) is 0 Å². The van der Waals surface area contributed by atoms with Crippen molar-refractivity contribution in [3.8, 4) is 0 Å². The fourth-order valence-electron chi connectivity index (χ4n) is 3.17. The smallest absolute Gasteiger partial charge is 0.268 e. The summed E-state index contributed by atoms with van der Waals surface area (Å²) < 4.78 is 1.35. The van der Waals surface area contributed by atoms with E-state index in [2.05, 4.69) is 32.2 Å². The molecule has 0 bridgehead atoms. The van der Waals surface area contributed by atoms with Crippen molar-refractivity contribution in [1.29, 1.82) is 0 Å². The lowest BCUT2D eigenvalue weighted by molar-refractivity contribution is 0.620. The van der Waals surface area contributed by atoms with E-state index < -0.39 is 0 Å². The summed E-state index contributed by atoms with van der Waals surface area (Å²) in [6.45, 7) is 6.89. The molecule has 2 aromatic rings. The summed E-state index contributed by atoms with van der Waals surface area (Å²) in [4.78, 5) is 23.0. The molecule has 3 rings (SSSR count). The van der Waals surface area contributed by atoms with Crippen molar-refractivity contribution in [3.63, 3.8) is 0 Å². The van der Waals surface area contributed by atoms with Crippen LogP contribution >= 0.6 is 0 Å². The Labute approximate surface area is 148 Å². The van der Waals surface area contributed by atoms with Gasteiger partial charge in [0.1, 0.15) is 11.6 Å². The zero-order chi connectivity index (χ0) is 17.8. The number of anilines is 2. The van der Waals surface area contributed by atoms with Crippen LogP contribution in [0.4, 0.5) is 11.5 Å². The third-order valence-corrected chi connectivity index (χ3v) is 4.55. The summed E-state index contributed by atoms with van der Waals surface area (Å²) in [5, 5.41) is 7.57. The van der Waals surface area contributed by atoms with Crippen LogP contribution in [-0.2, 0) is 13.5 Å². The zero-order valence-electron chi connectivity index (χ0n) is 15.2. The highest BCUT2D eigenvalue weighted by Crippen LogP contribution is 2.22. The maximum atomic E-state index is 11.8. The van der Waals surface area contributed by atoms with Gasteiger partial charge in [0.2, 0.25) is 0 Å². The third-order valence-electron chi connectivity index (χ3n) is 4.55. The van der Waals surface area contributed by atoms with Gasteiger partial charge in [0.25, 0.3) is 5.56 Å². The predicted molar refractivity (Wildman–Crippen MR) is 99.1 cm³/mol. The molecule has 0 saturated carbocycles. The Bertz CT molecular complexity index is 787. The average Bonchev–Trinajstić information content (AvgIpc) is 3.04. The molecule has 25 heavy (non-hydrogen) atoms. The molecule has 7 nitrogen and oxygen atoms in total. The number of nitrogens with one attached hydrogen (secondary N) is 1. The topological polar surface area (TPSA) is 75.9 Å². The molecule has 1 saturated heterocycles. The summed E-state index contributed by atoms with van der Waals surface area (Å²) in [6.07, 6.45) is 4.81. The van der Waals surface area contributed by atoms with Crippen LogP contribution in [0.15, 0.2) is 23.1 Å². The molecule has 3 heterocycles. The van der Waals surface area contributed by atoms with E-state index in [1.54, 1.807) is 19.3 Å². The van der Waals surface area contributed by atoms with Crippen LogP contribution in [-0.4, -0.2) is 39.4 Å². The first-order valence-electron chi connectivity index (χ1n) is 8.92. The van der Waals surface area contributed by atoms with E-state index in [-0.39, 0.29) is 5.56 Å². The molecule has 0 spiro atoms. The van der Waals surface area contributed by atoms with E-state index >= 15 is 0 Å². The highest BCUT2D eigenvalue weighted by atomic mass is 16.1. The molecule has 0 radical (unpaired) electrons. The standard InChI is InChI=1S/C18H26N6O/c1-4-5-16-21-13(2)8-17(22-16)19-10-14-6-7-24(12-14)15-9-18(25)23(3)20-11-15/h8-9,11,14H,4-7,10,12H2,1-3H3,(H,19,21,22). The Morgan fingerprint density at radius 3 is 2.92 bits per heavy atom. The Kier molecular flexibility index (Phi) is 5.31. The average molecular weight is 342 g/mol. The van der Waals surface area contributed by atoms with E-state index in [1.807, 2.05) is 13.0 Å². The second kappa shape index (κ2) is 7.63. The number of aryl methyl sites for hydroxylation is 3. The minimum atomic E-state index is -0.0704. The van der Waals surface area contributed by atoms with Crippen molar-refractivity contribution in [3.05, 3.63) is 40.2 Å². The second-order valence-electron chi connectivity index (χ2n) is 6.72. The summed E-state index contributed by atoms with van der Waals surface area (Å²) in [6, 6.07) is 3.66. The van der Waals surface area contributed by atoms with E-state index in [0.717, 1.165) is 61.9 Å². The number of hydrogen-bond acceptors (Lipinski definition) is 6. The zero-order valence-corrected chi connectivity index (χ0v) is 15.2. The van der Waals surface area contributed by atoms with Crippen molar-refractivity contribution in [1.82, 2.24) is 19.7 Å². The summed E-state index contributed by atoms with van der Waals surface area (Å²) in [5.41, 5.74) is 1.84. The minimum absolute atomic E-state index is 0.0704. The van der Waals surface area contributed by atoms with Crippen LogP contribution in [0.2, 0.25) is 0 Å². The van der Waals surface area contributed by atoms with E-state index in [1.165, 1.54) is 4.68 Å². The van der Waals surface area contributed by atoms with Crippen LogP contribution in [0.1, 0.15) is 31.3 Å². The molecule has 2 aromatic heterocycles. The highest BCUT2D eigenvalue weighted by Gasteiger charge is 2.23. The van der Waals surface area contributed by atoms with E-state index in [4.69, 9.17) is 0 Å². The SMILES string of the molecule is CCCc1nc(C)cc(NCC2CCN(c3cnn(C)c(=O)c3)C2)n1. The predicted octanol–water partition coefficient (Wildman–Crippen LogP) is 1.77. The number of aromatic nitrogens is 4. The first kappa shape index (κ1) is 17.4. The largest absolute Gasteiger partial charge is 0.370 e. The normalized spacial score (nSPS) is 17.1. The van der Waals surface area contributed by atoms with Gasteiger partial charge >= 0.3 is 0 Å². The van der Waals surface area contributed by atoms with Gasteiger partial charge in [-0.05, 0) is 25.7 Å². The summed E-state index contributed by atoms with van der Waals surface area (Å²) in [5.74, 6) is 2.34. The number of hydrogen-bond donors (Lipinski definition) is 1. The lowest BCUT2D eigenvalue weighted by Crippen LogP contribution is -2.26. The van der Waals surface area contributed by atoms with E-state index in [9.17, 15) is 4.79 Å². The van der Waals surface area contributed by atoms with Gasteiger partial charge < -0.3 is 10.2 Å². The molecule has 0 aliphatic carbocycles. The summed E-state index contributed by atoms with van der Waals surface area (Å²) >= 11 is 0. The molecule has 134 valence electrons. The fourth-order valence-corrected chi connectivity index (χ4v) is 3.17. The Morgan fingerprint density at radius 2 is 2.16 bits per heavy atom. The van der Waals surface area contributed by atoms with Gasteiger partial charge in [0.05, 0.1) is 11.9 Å². The van der Waals surface area contributed by atoms with Gasteiger partial charge in [-0.1, -0.05) is 6.92 Å². The van der Waals surface area contributed by atoms with Crippen molar-refractivity contribution < 1.29 is 0 Å². The number of nitrogens with zero attached hydrogens (tertiary/aromatic N) is 5. The molecule has 7 heteroatoms. The molecule has 1 aliphatic rings. The first-order valence-corrected chi connectivity index (χ1v) is 8.92. The molecular formula is C18H26N6O. The highest BCUT2D eigenvalue weighted by molar-refractivity contribution is 5.44. The van der Waals surface area contributed by atoms with Crippen LogP contribution < -0.4 is 15.8 Å².